The van der Waals surface area contributed by atoms with Gasteiger partial charge in [0.15, 0.2) is 38.7 Å². The van der Waals surface area contributed by atoms with Gasteiger partial charge in [0.1, 0.15) is 18.5 Å². The van der Waals surface area contributed by atoms with Gasteiger partial charge >= 0.3 is 0 Å². The molecule has 0 bridgehead atoms. The second-order valence-corrected chi connectivity index (χ2v) is 22.9. The van der Waals surface area contributed by atoms with E-state index in [1.807, 2.05) is 65.2 Å². The number of aromatic nitrogens is 4. The van der Waals surface area contributed by atoms with Gasteiger partial charge in [0.25, 0.3) is 5.91 Å². The largest absolute Gasteiger partial charge is 0.408 e. The number of hydrogen-bond donors (Lipinski definition) is 2. The van der Waals surface area contributed by atoms with Crippen LogP contribution in [0.5, 0.6) is 0 Å². The van der Waals surface area contributed by atoms with Gasteiger partial charge in [-0.2, -0.15) is 5.26 Å². The molecule has 0 saturated carbocycles. The van der Waals surface area contributed by atoms with Crippen LogP contribution in [0.4, 0.5) is 5.82 Å². The first-order chi connectivity index (χ1) is 28.9. The lowest BCUT2D eigenvalue weighted by Crippen LogP contribution is -2.59. The van der Waals surface area contributed by atoms with E-state index in [0.717, 1.165) is 16.7 Å². The number of amides is 1. The van der Waals surface area contributed by atoms with Gasteiger partial charge in [-0.05, 0) is 58.8 Å². The first-order valence-electron chi connectivity index (χ1n) is 19.9. The topological polar surface area (TPSA) is 145 Å². The van der Waals surface area contributed by atoms with Gasteiger partial charge in [-0.1, -0.05) is 130 Å². The molecule has 2 N–H and O–H groups in total. The summed E-state index contributed by atoms with van der Waals surface area (Å²) in [6.07, 6.45) is 1.23. The number of nitrogens with one attached hydrogen (secondary N) is 2. The Morgan fingerprint density at radius 1 is 0.867 bits per heavy atom. The quantitative estimate of drug-likeness (QED) is 0.0417. The number of carbonyl (C=O) groups excluding carboxylic acids is 1. The average Bonchev–Trinajstić information content (AvgIpc) is 3.84. The number of imidazole rings is 1. The van der Waals surface area contributed by atoms with Crippen molar-refractivity contribution in [2.45, 2.75) is 75.3 Å². The Morgan fingerprint density at radius 2 is 1.43 bits per heavy atom. The fourth-order valence-corrected chi connectivity index (χ4v) is 9.66. The molecule has 5 atom stereocenters. The van der Waals surface area contributed by atoms with E-state index < -0.39 is 45.5 Å². The summed E-state index contributed by atoms with van der Waals surface area (Å²) in [5.41, 5.74) is 3.49. The molecule has 0 spiro atoms. The predicted molar refractivity (Wildman–Crippen MR) is 240 cm³/mol. The molecular formula is C45H50N7O5PSSi. The Kier molecular flexibility index (Phi) is 13.5. The minimum absolute atomic E-state index is 0.0737. The molecule has 1 aliphatic heterocycles. The normalized spacial score (nSPS) is 18.9. The number of nitrogens with zero attached hydrogens (tertiary/aromatic N) is 5. The minimum Gasteiger partial charge on any atom is -0.408 e. The zero-order valence-corrected chi connectivity index (χ0v) is 37.1. The fourth-order valence-electron chi connectivity index (χ4n) is 7.26. The number of benzene rings is 4. The van der Waals surface area contributed by atoms with E-state index in [1.54, 1.807) is 30.6 Å². The summed E-state index contributed by atoms with van der Waals surface area (Å²) in [6, 6.07) is 41.6. The van der Waals surface area contributed by atoms with E-state index in [0.29, 0.717) is 16.7 Å². The predicted octanol–water partition coefficient (Wildman–Crippen LogP) is 8.77. The first-order valence-corrected chi connectivity index (χ1v) is 25.3. The molecule has 2 aromatic heterocycles. The van der Waals surface area contributed by atoms with Crippen molar-refractivity contribution in [3.63, 3.8) is 0 Å². The van der Waals surface area contributed by atoms with Crippen molar-refractivity contribution in [3.05, 3.63) is 156 Å². The van der Waals surface area contributed by atoms with Gasteiger partial charge in [-0.3, -0.25) is 14.7 Å². The highest BCUT2D eigenvalue weighted by molar-refractivity contribution is 8.00. The van der Waals surface area contributed by atoms with Crippen molar-refractivity contribution in [1.82, 2.24) is 24.8 Å². The van der Waals surface area contributed by atoms with E-state index in [4.69, 9.17) is 45.2 Å². The molecule has 12 nitrogen and oxygen atoms in total. The number of ether oxygens (including phenoxy) is 1. The molecule has 4 aromatic carbocycles. The van der Waals surface area contributed by atoms with E-state index in [2.05, 4.69) is 92.0 Å². The van der Waals surface area contributed by atoms with Gasteiger partial charge in [-0.25, -0.2) is 15.0 Å². The van der Waals surface area contributed by atoms with Crippen LogP contribution in [0.25, 0.3) is 11.2 Å². The molecule has 1 saturated heterocycles. The summed E-state index contributed by atoms with van der Waals surface area (Å²) in [4.78, 5) is 27.2. The van der Waals surface area contributed by atoms with Crippen LogP contribution in [0.3, 0.4) is 0 Å². The molecule has 1 aliphatic rings. The Morgan fingerprint density at radius 3 is 1.98 bits per heavy atom. The maximum absolute atomic E-state index is 13.3. The molecule has 0 radical (unpaired) electrons. The summed E-state index contributed by atoms with van der Waals surface area (Å²) in [5.74, 6) is -0.0494. The molecular weight excluding hydrogens is 810 g/mol. The van der Waals surface area contributed by atoms with Crippen LogP contribution in [0.15, 0.2) is 134 Å². The second kappa shape index (κ2) is 18.8. The second-order valence-electron chi connectivity index (χ2n) is 16.1. The molecule has 3 heterocycles. The molecule has 1 amide bonds. The van der Waals surface area contributed by atoms with E-state index >= 15 is 0 Å². The molecule has 1 unspecified atom stereocenters. The Balaban J connectivity index is 1.39. The summed E-state index contributed by atoms with van der Waals surface area (Å²) in [5, 5.41) is 16.1. The summed E-state index contributed by atoms with van der Waals surface area (Å²) in [7, 11) is -4.74. The van der Waals surface area contributed by atoms with Crippen LogP contribution in [0.1, 0.15) is 60.5 Å². The smallest absolute Gasteiger partial charge is 0.256 e. The maximum Gasteiger partial charge on any atom is 0.256 e. The average molecular weight is 860 g/mol. The maximum atomic E-state index is 13.3. The molecule has 15 heteroatoms. The SMILES string of the molecule is CC(C)(C)[Si](C)(C)O[C@@H]1[C@H](NC(c2ccccc2)(c2ccccc2)c2ccccc2)[C@@H](CO[PH](=S)OCCC#N)O[C@H]1n1cnc2c(NC(=O)c3ccccc3)ncnc21. The number of rotatable bonds is 16. The third-order valence-corrected chi connectivity index (χ3v) is 17.3. The Hall–Kier alpha value is -4.94. The van der Waals surface area contributed by atoms with E-state index in [9.17, 15) is 4.79 Å². The van der Waals surface area contributed by atoms with Gasteiger partial charge in [0.2, 0.25) is 0 Å². The lowest BCUT2D eigenvalue weighted by atomic mass is 9.76. The van der Waals surface area contributed by atoms with Crippen LogP contribution in [-0.4, -0.2) is 65.2 Å². The van der Waals surface area contributed by atoms with Crippen LogP contribution in [-0.2, 0) is 35.6 Å². The zero-order chi connectivity index (χ0) is 42.3. The van der Waals surface area contributed by atoms with Crippen molar-refractivity contribution < 1.29 is 23.0 Å². The molecule has 0 aliphatic carbocycles. The standard InChI is InChI=1S/C45H50N7O5PSSi/c1-44(2,3)60(4,5)57-39-37(51-45(33-21-12-7-13-22-33,34-23-14-8-15-24-34)35-25-16-9-17-26-35)36(29-55-58(59)54-28-18-27-46)56-43(39)52-31-49-38-40(47-30-48-41(38)52)50-42(53)32-19-10-6-11-20-32/h6-17,19-26,30-31,36-37,39,43,51,58H,18,28-29H2,1-5H3,(H,47,48,50,53)/t36-,37-,39-,43-/m1/s1. The Labute approximate surface area is 358 Å². The van der Waals surface area contributed by atoms with Crippen LogP contribution < -0.4 is 10.6 Å². The Bertz CT molecular complexity index is 2340. The summed E-state index contributed by atoms with van der Waals surface area (Å²) >= 11 is 5.67. The van der Waals surface area contributed by atoms with Crippen LogP contribution in [0, 0.1) is 11.3 Å². The number of nitriles is 1. The van der Waals surface area contributed by atoms with Gasteiger partial charge < -0.3 is 23.5 Å². The third kappa shape index (κ3) is 9.19. The van der Waals surface area contributed by atoms with E-state index in [1.165, 1.54) is 6.33 Å². The summed E-state index contributed by atoms with van der Waals surface area (Å²) in [6.45, 7) is 11.3. The molecule has 1 fully saturated rings. The van der Waals surface area contributed by atoms with Crippen molar-refractivity contribution in [3.8, 4) is 6.07 Å². The minimum atomic E-state index is -2.57. The van der Waals surface area contributed by atoms with E-state index in [-0.39, 0.29) is 36.4 Å². The van der Waals surface area contributed by atoms with Gasteiger partial charge in [-0.15, -0.1) is 0 Å². The lowest BCUT2D eigenvalue weighted by Gasteiger charge is -2.44. The number of carbonyl (C=O) groups is 1. The van der Waals surface area contributed by atoms with Crippen molar-refractivity contribution in [2.75, 3.05) is 18.5 Å². The lowest BCUT2D eigenvalue weighted by molar-refractivity contribution is -0.0430. The number of hydrogen-bond acceptors (Lipinski definition) is 11. The van der Waals surface area contributed by atoms with Crippen LogP contribution >= 0.6 is 7.15 Å². The fraction of sp³-hybridized carbons (Fsp3) is 0.311. The number of fused-ring (bicyclic) bond motifs is 1. The third-order valence-electron chi connectivity index (χ3n) is 11.3. The van der Waals surface area contributed by atoms with Crippen molar-refractivity contribution in [2.24, 2.45) is 0 Å². The highest BCUT2D eigenvalue weighted by atomic mass is 32.4. The zero-order valence-electron chi connectivity index (χ0n) is 34.3. The van der Waals surface area contributed by atoms with Crippen molar-refractivity contribution >= 4 is 50.2 Å². The van der Waals surface area contributed by atoms with Crippen LogP contribution in [0.2, 0.25) is 18.1 Å². The molecule has 7 rings (SSSR count). The van der Waals surface area contributed by atoms with Gasteiger partial charge in [0.05, 0.1) is 43.6 Å². The molecule has 310 valence electrons. The van der Waals surface area contributed by atoms with Crippen molar-refractivity contribution in [1.29, 1.82) is 5.26 Å². The highest BCUT2D eigenvalue weighted by Crippen LogP contribution is 2.46. The summed E-state index contributed by atoms with van der Waals surface area (Å²) < 4.78 is 28.7. The molecule has 6 aromatic rings. The first kappa shape index (κ1) is 43.2. The highest BCUT2D eigenvalue weighted by Gasteiger charge is 2.54. The van der Waals surface area contributed by atoms with Gasteiger partial charge in [0, 0.05) is 5.56 Å². The monoisotopic (exact) mass is 859 g/mol. The molecule has 60 heavy (non-hydrogen) atoms. The number of anilines is 1.